The second kappa shape index (κ2) is 27.3. The van der Waals surface area contributed by atoms with E-state index in [-0.39, 0.29) is 100 Å². The van der Waals surface area contributed by atoms with Gasteiger partial charge in [0, 0.05) is 56.8 Å². The van der Waals surface area contributed by atoms with Gasteiger partial charge in [0.25, 0.3) is 24.1 Å². The quantitative estimate of drug-likeness (QED) is 0.0244. The molecule has 4 atom stereocenters. The lowest BCUT2D eigenvalue weighted by Gasteiger charge is -2.35. The minimum Gasteiger partial charge on any atom is -0.461 e. The summed E-state index contributed by atoms with van der Waals surface area (Å²) in [5.41, 5.74) is 0.237. The number of carbonyl (C=O) groups is 9. The first-order chi connectivity index (χ1) is 41.2. The number of hydrogen-bond donors (Lipinski definition) is 6. The van der Waals surface area contributed by atoms with Crippen molar-refractivity contribution in [3.63, 3.8) is 0 Å². The van der Waals surface area contributed by atoms with E-state index in [1.54, 1.807) is 75.5 Å². The Balaban J connectivity index is 0.707. The van der Waals surface area contributed by atoms with Crippen LogP contribution in [0.25, 0.3) is 17.1 Å². The summed E-state index contributed by atoms with van der Waals surface area (Å²) < 4.78 is 57.5. The standard InChI is InChI=1S/C58H66F2N12O14/c1-32(73)86-37-25-43(52(77)64-27-34-10-12-36(13-11-34)71-29-40(48(69-71)50(59)60)65-51(76)41-30-85-54(66-41)35-16-17-62-44(24-35)63-26-33-8-9-33)70(28-37)57(81)49(58(2,3)4)67-46(75)31-84-23-22-83-21-20-82-19-18-61-39-7-5-6-38-47(39)56(80)72(55(38)79)42-14-15-45(74)68-53(42)78/h5-7,10-13,16-17,24,29-30,33,37,42-43,49-50,61H,8-9,14-15,18-23,25-28,31H2,1-4H3,(H,62,63)(H,64,77)(H,65,76)(H,67,75)(H,68,74,78)/t37-,42?,43+,49-/m1/s1. The van der Waals surface area contributed by atoms with Crippen molar-refractivity contribution in [2.24, 2.45) is 11.3 Å². The van der Waals surface area contributed by atoms with Crippen molar-refractivity contribution in [3.8, 4) is 17.1 Å². The third-order valence-corrected chi connectivity index (χ3v) is 14.5. The number of anilines is 3. The monoisotopic (exact) mass is 1190 g/mol. The Morgan fingerprint density at radius 2 is 1.63 bits per heavy atom. The summed E-state index contributed by atoms with van der Waals surface area (Å²) >= 11 is 0. The summed E-state index contributed by atoms with van der Waals surface area (Å²) in [5, 5.41) is 20.6. The predicted octanol–water partition coefficient (Wildman–Crippen LogP) is 4.18. The molecule has 86 heavy (non-hydrogen) atoms. The van der Waals surface area contributed by atoms with Gasteiger partial charge in [-0.2, -0.15) is 5.10 Å². The number of halogens is 2. The first-order valence-electron chi connectivity index (χ1n) is 28.0. The summed E-state index contributed by atoms with van der Waals surface area (Å²) in [6.45, 7) is 7.65. The number of carbonyl (C=O) groups excluding carboxylic acids is 9. The van der Waals surface area contributed by atoms with Gasteiger partial charge in [-0.1, -0.05) is 39.0 Å². The zero-order valence-electron chi connectivity index (χ0n) is 47.7. The van der Waals surface area contributed by atoms with Gasteiger partial charge in [0.15, 0.2) is 11.4 Å². The molecule has 4 aliphatic rings. The van der Waals surface area contributed by atoms with E-state index in [0.29, 0.717) is 34.2 Å². The topological polar surface area (TPSA) is 326 Å². The van der Waals surface area contributed by atoms with E-state index in [1.165, 1.54) is 28.8 Å². The molecule has 6 heterocycles. The number of hydrogen-bond acceptors (Lipinski definition) is 19. The maximum absolute atomic E-state index is 14.4. The number of amides is 8. The number of pyridine rings is 1. The van der Waals surface area contributed by atoms with Gasteiger partial charge in [-0.3, -0.25) is 53.4 Å². The lowest BCUT2D eigenvalue weighted by atomic mass is 9.85. The van der Waals surface area contributed by atoms with Crippen LogP contribution in [0.4, 0.5) is 26.0 Å². The number of imide groups is 2. The molecular formula is C58H66F2N12O14. The molecule has 3 aliphatic heterocycles. The summed E-state index contributed by atoms with van der Waals surface area (Å²) in [7, 11) is 0. The number of ether oxygens (including phenoxy) is 4. The Labute approximate surface area is 491 Å². The normalized spacial score (nSPS) is 18.0. The van der Waals surface area contributed by atoms with Crippen molar-refractivity contribution < 1.29 is 75.3 Å². The van der Waals surface area contributed by atoms with Gasteiger partial charge in [-0.25, -0.2) is 23.4 Å². The fourth-order valence-electron chi connectivity index (χ4n) is 9.93. The van der Waals surface area contributed by atoms with E-state index in [2.05, 4.69) is 47.0 Å². The minimum absolute atomic E-state index is 0.0104. The van der Waals surface area contributed by atoms with Crippen LogP contribution in [0.2, 0.25) is 0 Å². The number of oxazole rings is 1. The van der Waals surface area contributed by atoms with Gasteiger partial charge < -0.3 is 54.8 Å². The molecule has 456 valence electrons. The highest BCUT2D eigenvalue weighted by molar-refractivity contribution is 6.25. The van der Waals surface area contributed by atoms with Crippen molar-refractivity contribution >= 4 is 70.4 Å². The van der Waals surface area contributed by atoms with Crippen molar-refractivity contribution in [1.29, 1.82) is 0 Å². The first-order valence-corrected chi connectivity index (χ1v) is 28.0. The van der Waals surface area contributed by atoms with Crippen molar-refractivity contribution in [1.82, 2.24) is 45.5 Å². The zero-order valence-corrected chi connectivity index (χ0v) is 47.7. The summed E-state index contributed by atoms with van der Waals surface area (Å²) in [6.07, 6.45) is 2.44. The molecule has 6 N–H and O–H groups in total. The van der Waals surface area contributed by atoms with Gasteiger partial charge in [0.05, 0.1) is 68.3 Å². The number of benzene rings is 2. The smallest absolute Gasteiger partial charge is 0.302 e. The summed E-state index contributed by atoms with van der Waals surface area (Å²) in [5.74, 6) is -4.18. The molecule has 9 rings (SSSR count). The fourth-order valence-corrected chi connectivity index (χ4v) is 9.93. The molecule has 1 unspecified atom stereocenters. The van der Waals surface area contributed by atoms with Crippen molar-refractivity contribution in [2.75, 3.05) is 75.2 Å². The molecule has 2 aromatic carbocycles. The van der Waals surface area contributed by atoms with Crippen LogP contribution in [0.5, 0.6) is 0 Å². The molecule has 26 nitrogen and oxygen atoms in total. The number of rotatable bonds is 27. The number of nitrogens with zero attached hydrogens (tertiary/aromatic N) is 6. The molecule has 0 radical (unpaired) electrons. The van der Waals surface area contributed by atoms with Crippen LogP contribution >= 0.6 is 0 Å². The van der Waals surface area contributed by atoms with Gasteiger partial charge >= 0.3 is 5.97 Å². The van der Waals surface area contributed by atoms with Gasteiger partial charge in [-0.15, -0.1) is 0 Å². The molecule has 0 bridgehead atoms. The van der Waals surface area contributed by atoms with E-state index < -0.39 is 102 Å². The number of esters is 1. The third kappa shape index (κ3) is 15.3. The highest BCUT2D eigenvalue weighted by atomic mass is 19.3. The second-order valence-electron chi connectivity index (χ2n) is 22.0. The molecular weight excluding hydrogens is 1130 g/mol. The highest BCUT2D eigenvalue weighted by Gasteiger charge is 2.47. The third-order valence-electron chi connectivity index (χ3n) is 14.5. The zero-order chi connectivity index (χ0) is 61.2. The van der Waals surface area contributed by atoms with E-state index in [9.17, 15) is 51.9 Å². The number of likely N-dealkylation sites (tertiary alicyclic amines) is 1. The number of nitrogens with one attached hydrogen (secondary N) is 6. The van der Waals surface area contributed by atoms with E-state index in [0.717, 1.165) is 30.5 Å². The SMILES string of the molecule is CC(=O)O[C@@H]1C[C@@H](C(=O)NCc2ccc(-n3cc(NC(=O)c4coc(-c5ccnc(NCC6CC6)c5)n4)c(C(F)F)n3)cc2)N(C(=O)[C@@H](NC(=O)COCCOCCOCCNc2cccc3c2C(=O)N(C2CCC(=O)NC2=O)C3=O)C(C)(C)C)C1. The average molecular weight is 1190 g/mol. The highest BCUT2D eigenvalue weighted by Crippen LogP contribution is 2.34. The van der Waals surface area contributed by atoms with Crippen molar-refractivity contribution in [3.05, 3.63) is 101 Å². The second-order valence-corrected chi connectivity index (χ2v) is 22.0. The van der Waals surface area contributed by atoms with E-state index in [1.807, 2.05) is 0 Å². The van der Waals surface area contributed by atoms with Crippen LogP contribution in [-0.2, 0) is 54.3 Å². The summed E-state index contributed by atoms with van der Waals surface area (Å²) in [4.78, 5) is 128. The lowest BCUT2D eigenvalue weighted by Crippen LogP contribution is -2.58. The first kappa shape index (κ1) is 61.5. The molecule has 1 saturated carbocycles. The minimum atomic E-state index is -3.05. The van der Waals surface area contributed by atoms with Gasteiger partial charge in [0.2, 0.25) is 35.4 Å². The molecule has 0 spiro atoms. The maximum Gasteiger partial charge on any atom is 0.302 e. The van der Waals surface area contributed by atoms with Crippen LogP contribution in [-0.4, -0.2) is 166 Å². The Bertz CT molecular complexity index is 3360. The molecule has 28 heteroatoms. The Kier molecular flexibility index (Phi) is 19.6. The number of fused-ring (bicyclic) bond motifs is 1. The number of piperidine rings is 1. The van der Waals surface area contributed by atoms with Gasteiger partial charge in [0.1, 0.15) is 42.9 Å². The van der Waals surface area contributed by atoms with Crippen LogP contribution in [0, 0.1) is 11.3 Å². The summed E-state index contributed by atoms with van der Waals surface area (Å²) in [6, 6.07) is 11.3. The predicted molar refractivity (Wildman–Crippen MR) is 300 cm³/mol. The molecule has 2 saturated heterocycles. The lowest BCUT2D eigenvalue weighted by molar-refractivity contribution is -0.147. The molecule has 8 amide bonds. The Morgan fingerprint density at radius 3 is 2.34 bits per heavy atom. The van der Waals surface area contributed by atoms with Gasteiger partial charge in [-0.05, 0) is 72.6 Å². The van der Waals surface area contributed by atoms with E-state index >= 15 is 0 Å². The number of alkyl halides is 2. The number of aromatic nitrogens is 4. The maximum atomic E-state index is 14.4. The van der Waals surface area contributed by atoms with Crippen LogP contribution in [0.1, 0.15) is 109 Å². The van der Waals surface area contributed by atoms with Crippen LogP contribution in [0.15, 0.2) is 77.7 Å². The molecule has 1 aliphatic carbocycles. The largest absolute Gasteiger partial charge is 0.461 e. The molecule has 3 fully saturated rings. The average Bonchev–Trinajstić information content (AvgIpc) is 1.72. The molecule has 5 aromatic rings. The van der Waals surface area contributed by atoms with E-state index in [4.69, 9.17) is 23.4 Å². The fraction of sp³-hybridized carbons (Fsp3) is 0.448. The Morgan fingerprint density at radius 1 is 0.884 bits per heavy atom. The Hall–Kier alpha value is -9.02. The van der Waals surface area contributed by atoms with Crippen molar-refractivity contribution in [2.45, 2.75) is 97.0 Å². The molecule has 3 aromatic heterocycles. The van der Waals surface area contributed by atoms with Crippen LogP contribution < -0.4 is 31.9 Å². The van der Waals surface area contributed by atoms with Crippen LogP contribution in [0.3, 0.4) is 0 Å².